The van der Waals surface area contributed by atoms with Crippen LogP contribution < -0.4 is 0 Å². The first-order valence-electron chi connectivity index (χ1n) is 10.1. The number of ketones is 1. The molecule has 0 amide bonds. The second-order valence-electron chi connectivity index (χ2n) is 7.49. The van der Waals surface area contributed by atoms with E-state index in [4.69, 9.17) is 11.6 Å². The largest absolute Gasteiger partial charge is 0.381 e. The number of fused-ring (bicyclic) bond motifs is 2. The molecule has 0 bridgehead atoms. The van der Waals surface area contributed by atoms with Gasteiger partial charge in [0.15, 0.2) is 0 Å². The predicted molar refractivity (Wildman–Crippen MR) is 130 cm³/mol. The number of allylic oxidation sites excluding steroid dienone is 1. The summed E-state index contributed by atoms with van der Waals surface area (Å²) < 4.78 is 1.39. The molecule has 0 saturated heterocycles. The monoisotopic (exact) mass is 453 g/mol. The topological polar surface area (TPSA) is 78.0 Å². The van der Waals surface area contributed by atoms with Gasteiger partial charge < -0.3 is 10.1 Å². The summed E-state index contributed by atoms with van der Waals surface area (Å²) in [5, 5.41) is 15.7. The summed E-state index contributed by atoms with van der Waals surface area (Å²) >= 11 is 6.00. The Morgan fingerprint density at radius 1 is 0.939 bits per heavy atom. The fourth-order valence-corrected chi connectivity index (χ4v) is 4.01. The van der Waals surface area contributed by atoms with Crippen LogP contribution in [0, 0.1) is 10.1 Å². The molecular weight excluding hydrogens is 438 g/mol. The van der Waals surface area contributed by atoms with Gasteiger partial charge in [-0.3, -0.25) is 9.36 Å². The van der Waals surface area contributed by atoms with Gasteiger partial charge in [-0.25, -0.2) is 0 Å². The Balaban J connectivity index is 1.80. The van der Waals surface area contributed by atoms with Crippen molar-refractivity contribution >= 4 is 56.5 Å². The lowest BCUT2D eigenvalue weighted by molar-refractivity contribution is -0.389. The Bertz CT molecular complexity index is 1520. The Morgan fingerprint density at radius 3 is 2.12 bits per heavy atom. The van der Waals surface area contributed by atoms with E-state index in [2.05, 4.69) is 11.1 Å². The maximum atomic E-state index is 13.6. The normalized spacial score (nSPS) is 11.7. The number of hydrogen-bond donors (Lipinski definition) is 0. The molecule has 0 saturated carbocycles. The van der Waals surface area contributed by atoms with Crippen LogP contribution in [-0.4, -0.2) is 20.3 Å². The van der Waals surface area contributed by atoms with Gasteiger partial charge in [0.25, 0.3) is 0 Å². The van der Waals surface area contributed by atoms with Crippen LogP contribution in [0.1, 0.15) is 15.9 Å². The third kappa shape index (κ3) is 3.88. The minimum atomic E-state index is -0.589. The number of benzene rings is 4. The Labute approximate surface area is 193 Å². The highest BCUT2D eigenvalue weighted by Gasteiger charge is 2.20. The summed E-state index contributed by atoms with van der Waals surface area (Å²) in [6.45, 7) is 0. The van der Waals surface area contributed by atoms with E-state index in [9.17, 15) is 14.9 Å². The van der Waals surface area contributed by atoms with Crippen molar-refractivity contribution in [2.75, 3.05) is 0 Å². The van der Waals surface area contributed by atoms with Crippen molar-refractivity contribution < 1.29 is 9.72 Å². The zero-order chi connectivity index (χ0) is 22.9. The Morgan fingerprint density at radius 2 is 1.55 bits per heavy atom. The molecule has 160 valence electrons. The molecule has 0 aliphatic heterocycles. The van der Waals surface area contributed by atoms with Crippen LogP contribution in [0.25, 0.3) is 33.3 Å². The molecule has 1 aromatic heterocycles. The van der Waals surface area contributed by atoms with Crippen LogP contribution in [-0.2, 0) is 0 Å². The average molecular weight is 454 g/mol. The van der Waals surface area contributed by atoms with Gasteiger partial charge in [-0.2, -0.15) is 0 Å². The summed E-state index contributed by atoms with van der Waals surface area (Å²) in [6, 6.07) is 24.5. The molecule has 0 fully saturated rings. The molecule has 33 heavy (non-hydrogen) atoms. The van der Waals surface area contributed by atoms with E-state index in [1.807, 2.05) is 48.5 Å². The molecule has 1 heterocycles. The molecule has 0 unspecified atom stereocenters. The zero-order valence-corrected chi connectivity index (χ0v) is 17.9. The molecular formula is C26H16ClN3O3. The second-order valence-corrected chi connectivity index (χ2v) is 7.93. The summed E-state index contributed by atoms with van der Waals surface area (Å²) in [4.78, 5) is 28.1. The van der Waals surface area contributed by atoms with Gasteiger partial charge in [0.2, 0.25) is 12.1 Å². The lowest BCUT2D eigenvalue weighted by atomic mass is 9.95. The summed E-state index contributed by atoms with van der Waals surface area (Å²) in [5.41, 5.74) is 1.49. The first-order valence-corrected chi connectivity index (χ1v) is 10.5. The van der Waals surface area contributed by atoms with E-state index in [1.165, 1.54) is 17.1 Å². The van der Waals surface area contributed by atoms with Gasteiger partial charge in [0.1, 0.15) is 6.20 Å². The van der Waals surface area contributed by atoms with Crippen molar-refractivity contribution in [3.8, 4) is 0 Å². The van der Waals surface area contributed by atoms with E-state index >= 15 is 0 Å². The van der Waals surface area contributed by atoms with E-state index < -0.39 is 4.92 Å². The molecule has 0 aliphatic carbocycles. The van der Waals surface area contributed by atoms with E-state index in [1.54, 1.807) is 30.3 Å². The first kappa shape index (κ1) is 20.6. The number of nitrogens with zero attached hydrogens (tertiary/aromatic N) is 3. The standard InChI is InChI=1S/C26H16ClN3O3/c27-20-11-9-17(10-12-20)26(31)24(29-15-25(28-16-29)30(32)33)14-23-21-7-3-1-5-18(21)13-19-6-2-4-8-22(19)23/h1-16H. The predicted octanol–water partition coefficient (Wildman–Crippen LogP) is 6.63. The molecule has 6 nitrogen and oxygen atoms in total. The highest BCUT2D eigenvalue weighted by atomic mass is 35.5. The van der Waals surface area contributed by atoms with Crippen LogP contribution in [0.2, 0.25) is 5.02 Å². The lowest BCUT2D eigenvalue weighted by Gasteiger charge is -2.12. The zero-order valence-electron chi connectivity index (χ0n) is 17.2. The molecule has 0 N–H and O–H groups in total. The molecule has 7 heteroatoms. The number of hydrogen-bond acceptors (Lipinski definition) is 4. The Kier molecular flexibility index (Phi) is 5.20. The molecule has 4 aromatic carbocycles. The highest BCUT2D eigenvalue weighted by molar-refractivity contribution is 6.32. The Hall–Kier alpha value is -4.29. The number of carbonyl (C=O) groups excluding carboxylic acids is 1. The molecule has 0 spiro atoms. The van der Waals surface area contributed by atoms with Crippen LogP contribution in [0.4, 0.5) is 5.82 Å². The minimum Gasteiger partial charge on any atom is -0.358 e. The van der Waals surface area contributed by atoms with Gasteiger partial charge in [-0.05, 0) is 73.4 Å². The first-order chi connectivity index (χ1) is 16.0. The number of carbonyl (C=O) groups is 1. The molecule has 5 rings (SSSR count). The molecule has 0 atom stereocenters. The smallest absolute Gasteiger partial charge is 0.358 e. The van der Waals surface area contributed by atoms with E-state index in [0.717, 1.165) is 27.1 Å². The SMILES string of the molecule is O=C(C(=Cc1c2ccccc2cc2ccccc12)n1cnc([N+](=O)[O-])c1)c1ccc(Cl)cc1. The highest BCUT2D eigenvalue weighted by Crippen LogP contribution is 2.32. The van der Waals surface area contributed by atoms with Crippen molar-refractivity contribution in [1.29, 1.82) is 0 Å². The maximum absolute atomic E-state index is 13.6. The number of imidazole rings is 1. The number of halogens is 1. The lowest BCUT2D eigenvalue weighted by Crippen LogP contribution is -2.08. The maximum Gasteiger partial charge on any atom is 0.381 e. The van der Waals surface area contributed by atoms with Gasteiger partial charge in [0, 0.05) is 10.6 Å². The van der Waals surface area contributed by atoms with Crippen LogP contribution in [0.5, 0.6) is 0 Å². The van der Waals surface area contributed by atoms with Crippen molar-refractivity contribution in [2.24, 2.45) is 0 Å². The minimum absolute atomic E-state index is 0.236. The number of aromatic nitrogens is 2. The van der Waals surface area contributed by atoms with Crippen molar-refractivity contribution in [1.82, 2.24) is 9.55 Å². The average Bonchev–Trinajstić information content (AvgIpc) is 3.32. The molecule has 0 radical (unpaired) electrons. The second kappa shape index (κ2) is 8.33. The summed E-state index contributed by atoms with van der Waals surface area (Å²) in [7, 11) is 0. The van der Waals surface area contributed by atoms with Gasteiger partial charge in [-0.15, -0.1) is 0 Å². The van der Waals surface area contributed by atoms with E-state index in [0.29, 0.717) is 10.6 Å². The summed E-state index contributed by atoms with van der Waals surface area (Å²) in [6.07, 6.45) is 4.30. The van der Waals surface area contributed by atoms with Crippen molar-refractivity contribution in [3.05, 3.63) is 118 Å². The summed E-state index contributed by atoms with van der Waals surface area (Å²) in [5.74, 6) is -0.649. The van der Waals surface area contributed by atoms with E-state index in [-0.39, 0.29) is 17.3 Å². The number of Topliss-reactive ketones (excluding diaryl/α,β-unsaturated/α-hetero) is 1. The van der Waals surface area contributed by atoms with Gasteiger partial charge >= 0.3 is 5.82 Å². The van der Waals surface area contributed by atoms with Crippen molar-refractivity contribution in [3.63, 3.8) is 0 Å². The number of rotatable bonds is 5. The third-order valence-electron chi connectivity index (χ3n) is 5.47. The fourth-order valence-electron chi connectivity index (χ4n) is 3.89. The van der Waals surface area contributed by atoms with Crippen molar-refractivity contribution in [2.45, 2.75) is 0 Å². The molecule has 0 aliphatic rings. The number of nitro groups is 1. The fraction of sp³-hybridized carbons (Fsp3) is 0. The third-order valence-corrected chi connectivity index (χ3v) is 5.72. The van der Waals surface area contributed by atoms with Crippen LogP contribution >= 0.6 is 11.6 Å². The quantitative estimate of drug-likeness (QED) is 0.0983. The van der Waals surface area contributed by atoms with Gasteiger partial charge in [0.05, 0.1) is 5.70 Å². The van der Waals surface area contributed by atoms with Crippen LogP contribution in [0.15, 0.2) is 91.4 Å². The molecule has 5 aromatic rings. The van der Waals surface area contributed by atoms with Gasteiger partial charge in [-0.1, -0.05) is 60.1 Å². The van der Waals surface area contributed by atoms with Crippen LogP contribution in [0.3, 0.4) is 0 Å².